The maximum atomic E-state index is 9.14. The van der Waals surface area contributed by atoms with Crippen LogP contribution < -0.4 is 0 Å². The smallest absolute Gasteiger partial charge is 0.0570 e. The fourth-order valence-electron chi connectivity index (χ4n) is 2.09. The Labute approximate surface area is 74.6 Å². The van der Waals surface area contributed by atoms with Gasteiger partial charge in [-0.25, -0.2) is 0 Å². The van der Waals surface area contributed by atoms with E-state index in [9.17, 15) is 0 Å². The molecule has 0 amide bonds. The van der Waals surface area contributed by atoms with Crippen molar-refractivity contribution in [1.29, 1.82) is 0 Å². The van der Waals surface area contributed by atoms with Gasteiger partial charge in [0.25, 0.3) is 0 Å². The van der Waals surface area contributed by atoms with Crippen molar-refractivity contribution in [2.75, 3.05) is 13.6 Å². The lowest BCUT2D eigenvalue weighted by Crippen LogP contribution is -2.45. The summed E-state index contributed by atoms with van der Waals surface area (Å²) in [7, 11) is 2.20. The van der Waals surface area contributed by atoms with Crippen molar-refractivity contribution in [1.82, 2.24) is 4.90 Å². The molecule has 70 valence electrons. The number of hydrogen-bond acceptors (Lipinski definition) is 2. The van der Waals surface area contributed by atoms with Crippen molar-refractivity contribution in [2.24, 2.45) is 11.8 Å². The first-order valence-electron chi connectivity index (χ1n) is 5.05. The molecule has 2 atom stereocenters. The Hall–Kier alpha value is -0.0800. The molecular formula is C10H19NO. The van der Waals surface area contributed by atoms with Crippen LogP contribution in [0.5, 0.6) is 0 Å². The minimum Gasteiger partial charge on any atom is -0.393 e. The largest absolute Gasteiger partial charge is 0.393 e. The Morgan fingerprint density at radius 3 is 2.33 bits per heavy atom. The number of aliphatic hydroxyl groups is 1. The molecule has 2 saturated carbocycles. The van der Waals surface area contributed by atoms with Crippen LogP contribution in [0.1, 0.15) is 26.2 Å². The molecule has 0 radical (unpaired) electrons. The third-order valence-corrected chi connectivity index (χ3v) is 3.51. The van der Waals surface area contributed by atoms with Crippen molar-refractivity contribution in [3.05, 3.63) is 0 Å². The second-order valence-corrected chi connectivity index (χ2v) is 4.69. The fraction of sp³-hybridized carbons (Fsp3) is 1.00. The quantitative estimate of drug-likeness (QED) is 0.684. The predicted molar refractivity (Wildman–Crippen MR) is 48.9 cm³/mol. The number of rotatable bonds is 3. The first-order valence-corrected chi connectivity index (χ1v) is 5.05. The molecule has 2 nitrogen and oxygen atoms in total. The van der Waals surface area contributed by atoms with Gasteiger partial charge in [0.1, 0.15) is 0 Å². The molecule has 0 bridgehead atoms. The Morgan fingerprint density at radius 2 is 1.92 bits per heavy atom. The van der Waals surface area contributed by atoms with E-state index in [1.54, 1.807) is 0 Å². The SMILES string of the molecule is CC1CC1CN(C)C1CC(O)C1. The molecule has 2 aliphatic rings. The van der Waals surface area contributed by atoms with Gasteiger partial charge < -0.3 is 10.0 Å². The van der Waals surface area contributed by atoms with E-state index in [0.29, 0.717) is 6.04 Å². The minimum atomic E-state index is -0.00548. The van der Waals surface area contributed by atoms with E-state index in [-0.39, 0.29) is 6.10 Å². The van der Waals surface area contributed by atoms with E-state index in [4.69, 9.17) is 5.11 Å². The van der Waals surface area contributed by atoms with Gasteiger partial charge >= 0.3 is 0 Å². The Kier molecular flexibility index (Phi) is 2.13. The van der Waals surface area contributed by atoms with Gasteiger partial charge in [-0.15, -0.1) is 0 Å². The maximum absolute atomic E-state index is 9.14. The second kappa shape index (κ2) is 3.00. The van der Waals surface area contributed by atoms with Gasteiger partial charge in [0.2, 0.25) is 0 Å². The molecule has 1 N–H and O–H groups in total. The lowest BCUT2D eigenvalue weighted by molar-refractivity contribution is 0.0103. The molecule has 2 fully saturated rings. The summed E-state index contributed by atoms with van der Waals surface area (Å²) in [5, 5.41) is 9.14. The molecule has 0 aromatic rings. The summed E-state index contributed by atoms with van der Waals surface area (Å²) in [4.78, 5) is 2.43. The van der Waals surface area contributed by atoms with E-state index in [1.807, 2.05) is 0 Å². The monoisotopic (exact) mass is 169 g/mol. The number of aliphatic hydroxyl groups excluding tert-OH is 1. The Morgan fingerprint density at radius 1 is 1.33 bits per heavy atom. The van der Waals surface area contributed by atoms with Gasteiger partial charge in [-0.05, 0) is 38.1 Å². The van der Waals surface area contributed by atoms with E-state index in [2.05, 4.69) is 18.9 Å². The van der Waals surface area contributed by atoms with Crippen molar-refractivity contribution in [3.8, 4) is 0 Å². The van der Waals surface area contributed by atoms with E-state index in [0.717, 1.165) is 24.7 Å². The van der Waals surface area contributed by atoms with Crippen LogP contribution in [-0.2, 0) is 0 Å². The molecule has 0 aromatic carbocycles. The Balaban J connectivity index is 1.67. The van der Waals surface area contributed by atoms with Crippen molar-refractivity contribution in [2.45, 2.75) is 38.3 Å². The topological polar surface area (TPSA) is 23.5 Å². The van der Waals surface area contributed by atoms with Crippen LogP contribution in [0, 0.1) is 11.8 Å². The fourth-order valence-corrected chi connectivity index (χ4v) is 2.09. The predicted octanol–water partition coefficient (Wildman–Crippen LogP) is 1.10. The van der Waals surface area contributed by atoms with Crippen molar-refractivity contribution in [3.63, 3.8) is 0 Å². The van der Waals surface area contributed by atoms with Gasteiger partial charge in [0.05, 0.1) is 6.10 Å². The zero-order valence-corrected chi connectivity index (χ0v) is 8.03. The molecule has 0 saturated heterocycles. The minimum absolute atomic E-state index is 0.00548. The summed E-state index contributed by atoms with van der Waals surface area (Å²) in [5.41, 5.74) is 0. The highest BCUT2D eigenvalue weighted by molar-refractivity contribution is 4.90. The van der Waals surface area contributed by atoms with Crippen LogP contribution >= 0.6 is 0 Å². The first-order chi connectivity index (χ1) is 5.66. The van der Waals surface area contributed by atoms with E-state index < -0.39 is 0 Å². The summed E-state index contributed by atoms with van der Waals surface area (Å²) in [6.45, 7) is 3.58. The maximum Gasteiger partial charge on any atom is 0.0570 e. The van der Waals surface area contributed by atoms with Crippen LogP contribution in [0.2, 0.25) is 0 Å². The lowest BCUT2D eigenvalue weighted by atomic mass is 9.88. The molecule has 0 spiro atoms. The molecular weight excluding hydrogens is 150 g/mol. The first kappa shape index (κ1) is 8.52. The van der Waals surface area contributed by atoms with E-state index in [1.165, 1.54) is 13.0 Å². The van der Waals surface area contributed by atoms with Gasteiger partial charge in [-0.3, -0.25) is 0 Å². The lowest BCUT2D eigenvalue weighted by Gasteiger charge is -2.38. The molecule has 12 heavy (non-hydrogen) atoms. The third kappa shape index (κ3) is 1.64. The molecule has 2 rings (SSSR count). The summed E-state index contributed by atoms with van der Waals surface area (Å²) in [6.07, 6.45) is 3.41. The van der Waals surface area contributed by atoms with E-state index >= 15 is 0 Å². The van der Waals surface area contributed by atoms with Crippen LogP contribution in [-0.4, -0.2) is 35.7 Å². The zero-order chi connectivity index (χ0) is 8.72. The summed E-state index contributed by atoms with van der Waals surface area (Å²) < 4.78 is 0. The summed E-state index contributed by atoms with van der Waals surface area (Å²) >= 11 is 0. The van der Waals surface area contributed by atoms with Crippen molar-refractivity contribution >= 4 is 0 Å². The van der Waals surface area contributed by atoms with Gasteiger partial charge in [0, 0.05) is 12.6 Å². The third-order valence-electron chi connectivity index (χ3n) is 3.51. The molecule has 2 heteroatoms. The zero-order valence-electron chi connectivity index (χ0n) is 8.03. The highest BCUT2D eigenvalue weighted by Crippen LogP contribution is 2.39. The van der Waals surface area contributed by atoms with Crippen LogP contribution in [0.4, 0.5) is 0 Å². The average molecular weight is 169 g/mol. The normalized spacial score (nSPS) is 46.0. The molecule has 2 unspecified atom stereocenters. The van der Waals surface area contributed by atoms with Gasteiger partial charge in [-0.2, -0.15) is 0 Å². The standard InChI is InChI=1S/C10H19NO/c1-7-3-8(7)6-11(2)9-4-10(12)5-9/h7-10,12H,3-6H2,1-2H3. The Bertz CT molecular complexity index is 165. The molecule has 0 aliphatic heterocycles. The van der Waals surface area contributed by atoms with Gasteiger partial charge in [-0.1, -0.05) is 6.92 Å². The summed E-state index contributed by atoms with van der Waals surface area (Å²) in [6, 6.07) is 0.674. The average Bonchev–Trinajstić information content (AvgIpc) is 2.60. The highest BCUT2D eigenvalue weighted by Gasteiger charge is 2.37. The highest BCUT2D eigenvalue weighted by atomic mass is 16.3. The second-order valence-electron chi connectivity index (χ2n) is 4.69. The van der Waals surface area contributed by atoms with Crippen LogP contribution in [0.15, 0.2) is 0 Å². The number of nitrogens with zero attached hydrogens (tertiary/aromatic N) is 1. The van der Waals surface area contributed by atoms with Crippen LogP contribution in [0.25, 0.3) is 0 Å². The van der Waals surface area contributed by atoms with Crippen molar-refractivity contribution < 1.29 is 5.11 Å². The van der Waals surface area contributed by atoms with Gasteiger partial charge in [0.15, 0.2) is 0 Å². The summed E-state index contributed by atoms with van der Waals surface area (Å²) in [5.74, 6) is 1.91. The number of hydrogen-bond donors (Lipinski definition) is 1. The van der Waals surface area contributed by atoms with Crippen LogP contribution in [0.3, 0.4) is 0 Å². The molecule has 0 aromatic heterocycles. The molecule has 2 aliphatic carbocycles. The molecule has 0 heterocycles.